The molecule has 0 aliphatic carbocycles. The van der Waals surface area contributed by atoms with Crippen LogP contribution < -0.4 is 5.32 Å². The van der Waals surface area contributed by atoms with E-state index in [0.717, 1.165) is 31.7 Å². The second-order valence-corrected chi connectivity index (χ2v) is 4.49. The van der Waals surface area contributed by atoms with Gasteiger partial charge in [-0.2, -0.15) is 0 Å². The second-order valence-electron chi connectivity index (χ2n) is 4.49. The molecule has 1 aromatic heterocycles. The van der Waals surface area contributed by atoms with Gasteiger partial charge in [0.05, 0.1) is 5.69 Å². The van der Waals surface area contributed by atoms with E-state index in [1.54, 1.807) is 4.68 Å². The lowest BCUT2D eigenvalue weighted by atomic mass is 10.3. The topological polar surface area (TPSA) is 46.0 Å². The van der Waals surface area contributed by atoms with E-state index in [-0.39, 0.29) is 0 Å². The molecule has 0 fully saturated rings. The Morgan fingerprint density at radius 2 is 2.25 bits per heavy atom. The molecule has 0 aliphatic heterocycles. The highest BCUT2D eigenvalue weighted by atomic mass is 15.4. The average Bonchev–Trinajstić information content (AvgIpc) is 2.63. The van der Waals surface area contributed by atoms with E-state index < -0.39 is 0 Å². The van der Waals surface area contributed by atoms with Gasteiger partial charge in [0.1, 0.15) is 0 Å². The predicted octanol–water partition coefficient (Wildman–Crippen LogP) is 0.635. The summed E-state index contributed by atoms with van der Waals surface area (Å²) in [5, 5.41) is 11.3. The van der Waals surface area contributed by atoms with Crippen molar-refractivity contribution in [2.24, 2.45) is 7.05 Å². The van der Waals surface area contributed by atoms with Crippen molar-refractivity contribution < 1.29 is 0 Å². The maximum atomic E-state index is 4.02. The molecule has 92 valence electrons. The predicted molar refractivity (Wildman–Crippen MR) is 65.1 cm³/mol. The van der Waals surface area contributed by atoms with Crippen LogP contribution in [0.2, 0.25) is 0 Å². The number of hydrogen-bond acceptors (Lipinski definition) is 4. The van der Waals surface area contributed by atoms with Crippen molar-refractivity contribution in [3.63, 3.8) is 0 Å². The molecule has 1 heterocycles. The van der Waals surface area contributed by atoms with Crippen LogP contribution in [0.3, 0.4) is 0 Å². The van der Waals surface area contributed by atoms with Gasteiger partial charge >= 0.3 is 0 Å². The van der Waals surface area contributed by atoms with Gasteiger partial charge in [0.15, 0.2) is 0 Å². The Balaban J connectivity index is 2.04. The quantitative estimate of drug-likeness (QED) is 0.692. The van der Waals surface area contributed by atoms with Gasteiger partial charge < -0.3 is 10.2 Å². The first-order valence-electron chi connectivity index (χ1n) is 5.85. The van der Waals surface area contributed by atoms with Crippen molar-refractivity contribution >= 4 is 0 Å². The van der Waals surface area contributed by atoms with Crippen molar-refractivity contribution in [3.8, 4) is 0 Å². The Bertz CT molecular complexity index is 294. The Morgan fingerprint density at radius 3 is 2.81 bits per heavy atom. The van der Waals surface area contributed by atoms with E-state index in [2.05, 4.69) is 41.4 Å². The van der Waals surface area contributed by atoms with Crippen molar-refractivity contribution in [3.05, 3.63) is 11.9 Å². The molecular formula is C11H23N5. The van der Waals surface area contributed by atoms with Crippen molar-refractivity contribution in [1.29, 1.82) is 0 Å². The Labute approximate surface area is 97.8 Å². The highest BCUT2D eigenvalue weighted by molar-refractivity contribution is 4.90. The van der Waals surface area contributed by atoms with Gasteiger partial charge in [-0.25, -0.2) is 0 Å². The maximum absolute atomic E-state index is 4.02. The van der Waals surface area contributed by atoms with Gasteiger partial charge in [-0.05, 0) is 40.4 Å². The summed E-state index contributed by atoms with van der Waals surface area (Å²) < 4.78 is 1.73. The highest BCUT2D eigenvalue weighted by Gasteiger charge is 2.02. The number of rotatable bonds is 7. The van der Waals surface area contributed by atoms with Crippen LogP contribution in [-0.4, -0.2) is 46.1 Å². The lowest BCUT2D eigenvalue weighted by Crippen LogP contribution is -2.29. The molecular weight excluding hydrogens is 202 g/mol. The zero-order valence-corrected chi connectivity index (χ0v) is 10.8. The fourth-order valence-electron chi connectivity index (χ4n) is 1.40. The first-order chi connectivity index (χ1) is 7.59. The maximum Gasteiger partial charge on any atom is 0.0964 e. The minimum Gasteiger partial charge on any atom is -0.311 e. The number of aromatic nitrogens is 3. The third-order valence-corrected chi connectivity index (χ3v) is 2.70. The number of aryl methyl sites for hydroxylation is 1. The van der Waals surface area contributed by atoms with Gasteiger partial charge in [-0.3, -0.25) is 4.68 Å². The molecule has 0 unspecified atom stereocenters. The smallest absolute Gasteiger partial charge is 0.0964 e. The fourth-order valence-corrected chi connectivity index (χ4v) is 1.40. The first kappa shape index (κ1) is 13.1. The van der Waals surface area contributed by atoms with E-state index >= 15 is 0 Å². The van der Waals surface area contributed by atoms with E-state index in [1.165, 1.54) is 0 Å². The average molecular weight is 225 g/mol. The summed E-state index contributed by atoms with van der Waals surface area (Å²) in [6, 6.07) is 0.625. The summed E-state index contributed by atoms with van der Waals surface area (Å²) in [6.07, 6.45) is 3.10. The van der Waals surface area contributed by atoms with Gasteiger partial charge in [0, 0.05) is 25.8 Å². The largest absolute Gasteiger partial charge is 0.311 e. The molecule has 0 aliphatic rings. The van der Waals surface area contributed by atoms with Gasteiger partial charge in [0.25, 0.3) is 0 Å². The normalized spacial score (nSPS) is 11.6. The molecule has 0 atom stereocenters. The minimum atomic E-state index is 0.625. The Kier molecular flexibility index (Phi) is 5.42. The molecule has 1 N–H and O–H groups in total. The summed E-state index contributed by atoms with van der Waals surface area (Å²) in [5.41, 5.74) is 1.000. The standard InChI is InChI=1S/C11H23N5/c1-10(2)15(3)7-5-6-12-8-11-9-16(4)14-13-11/h9-10,12H,5-8H2,1-4H3. The molecule has 0 radical (unpaired) electrons. The molecule has 0 spiro atoms. The van der Waals surface area contributed by atoms with Crippen LogP contribution in [0, 0.1) is 0 Å². The number of nitrogens with one attached hydrogen (secondary N) is 1. The molecule has 16 heavy (non-hydrogen) atoms. The zero-order chi connectivity index (χ0) is 12.0. The molecule has 0 saturated carbocycles. The van der Waals surface area contributed by atoms with E-state index in [1.807, 2.05) is 13.2 Å². The van der Waals surface area contributed by atoms with Crippen LogP contribution in [0.25, 0.3) is 0 Å². The lowest BCUT2D eigenvalue weighted by Gasteiger charge is -2.20. The Hall–Kier alpha value is -0.940. The summed E-state index contributed by atoms with van der Waals surface area (Å²) in [7, 11) is 4.04. The summed E-state index contributed by atoms with van der Waals surface area (Å²) >= 11 is 0. The van der Waals surface area contributed by atoms with Gasteiger partial charge in [-0.1, -0.05) is 5.21 Å². The van der Waals surface area contributed by atoms with Crippen molar-refractivity contribution in [2.45, 2.75) is 32.9 Å². The first-order valence-corrected chi connectivity index (χ1v) is 5.85. The third kappa shape index (κ3) is 4.72. The van der Waals surface area contributed by atoms with Gasteiger partial charge in [-0.15, -0.1) is 5.10 Å². The molecule has 1 aromatic rings. The number of nitrogens with zero attached hydrogens (tertiary/aromatic N) is 4. The van der Waals surface area contributed by atoms with E-state index in [9.17, 15) is 0 Å². The second kappa shape index (κ2) is 6.60. The van der Waals surface area contributed by atoms with Crippen molar-refractivity contribution in [2.75, 3.05) is 20.1 Å². The highest BCUT2D eigenvalue weighted by Crippen LogP contribution is 1.95. The molecule has 1 rings (SSSR count). The van der Waals surface area contributed by atoms with Crippen molar-refractivity contribution in [1.82, 2.24) is 25.2 Å². The van der Waals surface area contributed by atoms with Crippen LogP contribution in [0.4, 0.5) is 0 Å². The molecule has 0 bridgehead atoms. The molecule has 0 aromatic carbocycles. The van der Waals surface area contributed by atoms with Crippen LogP contribution >= 0.6 is 0 Å². The third-order valence-electron chi connectivity index (χ3n) is 2.70. The summed E-state index contributed by atoms with van der Waals surface area (Å²) in [5.74, 6) is 0. The van der Waals surface area contributed by atoms with Crippen LogP contribution in [0.5, 0.6) is 0 Å². The minimum absolute atomic E-state index is 0.625. The monoisotopic (exact) mass is 225 g/mol. The molecule has 0 amide bonds. The van der Waals surface area contributed by atoms with E-state index in [4.69, 9.17) is 0 Å². The molecule has 0 saturated heterocycles. The van der Waals surface area contributed by atoms with Crippen LogP contribution in [0.15, 0.2) is 6.20 Å². The zero-order valence-electron chi connectivity index (χ0n) is 10.8. The summed E-state index contributed by atoms with van der Waals surface area (Å²) in [6.45, 7) is 7.39. The fraction of sp³-hybridized carbons (Fsp3) is 0.818. The number of hydrogen-bond donors (Lipinski definition) is 1. The van der Waals surface area contributed by atoms with E-state index in [0.29, 0.717) is 6.04 Å². The van der Waals surface area contributed by atoms with Crippen LogP contribution in [-0.2, 0) is 13.6 Å². The van der Waals surface area contributed by atoms with Crippen LogP contribution in [0.1, 0.15) is 26.0 Å². The lowest BCUT2D eigenvalue weighted by molar-refractivity contribution is 0.269. The molecule has 5 heteroatoms. The summed E-state index contributed by atoms with van der Waals surface area (Å²) in [4.78, 5) is 2.35. The Morgan fingerprint density at radius 1 is 1.50 bits per heavy atom. The van der Waals surface area contributed by atoms with Gasteiger partial charge in [0.2, 0.25) is 0 Å². The SMILES string of the molecule is CC(C)N(C)CCCNCc1cn(C)nn1. The molecule has 5 nitrogen and oxygen atoms in total.